The third-order valence-corrected chi connectivity index (χ3v) is 26.2. The van der Waals surface area contributed by atoms with Crippen LogP contribution in [0.4, 0.5) is 0 Å². The molecule has 2 aliphatic rings. The predicted octanol–water partition coefficient (Wildman–Crippen LogP) is 9.79. The van der Waals surface area contributed by atoms with Crippen LogP contribution >= 0.6 is 22.9 Å². The number of aliphatic carboxylic acids is 5. The minimum Gasteiger partial charge on any atom is -0.481 e. The van der Waals surface area contributed by atoms with E-state index in [2.05, 4.69) is 62.0 Å². The van der Waals surface area contributed by atoms with Crippen molar-refractivity contribution in [2.24, 2.45) is 23.7 Å². The number of amides is 11. The highest BCUT2D eigenvalue weighted by molar-refractivity contribution is 14.1. The molecule has 0 aromatic rings. The normalized spacial score (nSPS) is 15.3. The molecular formula is C102H181IN12O29. The monoisotopic (exact) mass is 2170 g/mol. The maximum atomic E-state index is 13.3. The van der Waals surface area contributed by atoms with Crippen molar-refractivity contribution in [1.29, 1.82) is 0 Å². The van der Waals surface area contributed by atoms with Crippen molar-refractivity contribution in [2.75, 3.05) is 158 Å². The first-order valence-corrected chi connectivity index (χ1v) is 55.0. The van der Waals surface area contributed by atoms with Gasteiger partial charge in [0.15, 0.2) is 0 Å². The molecule has 0 aromatic carbocycles. The van der Waals surface area contributed by atoms with Crippen LogP contribution in [0.1, 0.15) is 347 Å². The van der Waals surface area contributed by atoms with E-state index in [4.69, 9.17) is 48.1 Å². The molecular weight excluding hydrogens is 1980 g/mol. The Morgan fingerprint density at radius 1 is 0.229 bits per heavy atom. The third-order valence-electron chi connectivity index (χ3n) is 25.5. The number of halogens is 1. The largest absolute Gasteiger partial charge is 0.481 e. The van der Waals surface area contributed by atoms with E-state index in [1.54, 1.807) is 22.9 Å². The second-order valence-corrected chi connectivity index (χ2v) is 38.5. The predicted molar refractivity (Wildman–Crippen MR) is 549 cm³/mol. The maximum absolute atomic E-state index is 13.3. The minimum absolute atomic E-state index is 0.0196. The first-order valence-electron chi connectivity index (χ1n) is 53.9. The summed E-state index contributed by atoms with van der Waals surface area (Å²) in [7, 11) is 0. The van der Waals surface area contributed by atoms with Crippen molar-refractivity contribution in [3.05, 3.63) is 0 Å². The first kappa shape index (κ1) is 132. The number of hydrogen-bond acceptors (Lipinski definition) is 25. The van der Waals surface area contributed by atoms with Gasteiger partial charge >= 0.3 is 29.8 Å². The van der Waals surface area contributed by atoms with Gasteiger partial charge in [0.05, 0.1) is 79.3 Å². The zero-order valence-corrected chi connectivity index (χ0v) is 88.3. The van der Waals surface area contributed by atoms with Crippen LogP contribution in [0, 0.1) is 23.7 Å². The van der Waals surface area contributed by atoms with Crippen LogP contribution in [0.2, 0.25) is 0 Å². The molecule has 0 bridgehead atoms. The van der Waals surface area contributed by atoms with E-state index < -0.39 is 83.5 Å². The highest BCUT2D eigenvalue weighted by atomic mass is 127. The Morgan fingerprint density at radius 3 is 0.785 bits per heavy atom. The molecule has 0 spiro atoms. The van der Waals surface area contributed by atoms with E-state index in [1.165, 1.54) is 128 Å². The number of nitrogens with one attached hydrogen (secondary N) is 12. The Morgan fingerprint density at radius 2 is 0.486 bits per heavy atom. The van der Waals surface area contributed by atoms with Crippen molar-refractivity contribution in [3.8, 4) is 0 Å². The van der Waals surface area contributed by atoms with Crippen molar-refractivity contribution < 1.29 is 140 Å². The molecule has 0 saturated heterocycles. The van der Waals surface area contributed by atoms with Gasteiger partial charge in [-0.3, -0.25) is 67.1 Å². The molecule has 41 nitrogen and oxygen atoms in total. The Balaban J connectivity index is 1.46. The third kappa shape index (κ3) is 80.0. The number of unbranched alkanes of at least 4 members (excludes halogenated alkanes) is 32. The number of ether oxygens (including phenoxy) is 8. The van der Waals surface area contributed by atoms with Crippen LogP contribution < -0.4 is 62.0 Å². The highest BCUT2D eigenvalue weighted by Gasteiger charge is 2.33. The quantitative estimate of drug-likeness (QED) is 0.0153. The van der Waals surface area contributed by atoms with E-state index in [0.717, 1.165) is 103 Å². The van der Waals surface area contributed by atoms with Gasteiger partial charge in [-0.25, -0.2) is 13.1 Å². The van der Waals surface area contributed by atoms with E-state index in [1.807, 2.05) is 0 Å². The fraction of sp³-hybridized carbons (Fsp3) is 0.843. The van der Waals surface area contributed by atoms with Crippen LogP contribution in [0.15, 0.2) is 0 Å². The van der Waals surface area contributed by atoms with E-state index in [0.29, 0.717) is 83.7 Å². The van der Waals surface area contributed by atoms with E-state index >= 15 is 0 Å². The van der Waals surface area contributed by atoms with E-state index in [9.17, 15) is 92.0 Å². The molecule has 0 aliphatic heterocycles. The molecule has 2 rings (SSSR count). The Labute approximate surface area is 867 Å². The number of rotatable bonds is 100. The zero-order valence-electron chi connectivity index (χ0n) is 86.2. The van der Waals surface area contributed by atoms with Crippen molar-refractivity contribution >= 4 is 118 Å². The van der Waals surface area contributed by atoms with Crippen LogP contribution in [-0.2, 0) is 115 Å². The Bertz CT molecular complexity index is 3470. The summed E-state index contributed by atoms with van der Waals surface area (Å²) >= 11 is 1.78. The van der Waals surface area contributed by atoms with Gasteiger partial charge < -0.3 is 122 Å². The number of carbonyl (C=O) groups excluding carboxylic acids is 11. The summed E-state index contributed by atoms with van der Waals surface area (Å²) in [5.74, 6) is -8.69. The summed E-state index contributed by atoms with van der Waals surface area (Å²) in [4.78, 5) is 196. The molecule has 830 valence electrons. The second-order valence-electron chi connectivity index (χ2n) is 37.8. The zero-order chi connectivity index (χ0) is 105. The van der Waals surface area contributed by atoms with Gasteiger partial charge in [0.25, 0.3) is 0 Å². The summed E-state index contributed by atoms with van der Waals surface area (Å²) < 4.78 is 46.2. The summed E-state index contributed by atoms with van der Waals surface area (Å²) in [6, 6.07) is -4.16. The first-order chi connectivity index (χ1) is 69.8. The summed E-state index contributed by atoms with van der Waals surface area (Å²) in [6.07, 6.45) is 45.7. The second kappa shape index (κ2) is 92.3. The lowest BCUT2D eigenvalue weighted by Crippen LogP contribution is -2.48. The molecule has 2 saturated carbocycles. The molecule has 11 amide bonds. The lowest BCUT2D eigenvalue weighted by molar-refractivity contribution is -0.143. The SMILES string of the molecule is O=C(O)CCCCCCCCCCCCCCCCCCC(=O)NC[C@H]1CC[C@H](C(=O)N[C@@H](CCC(=O)NCCOCCOCC(=O)NCCOCCOCC(=O)NCCCC[C@H](NC(=O)COCCOCCNC(=O)COCCOCCNC(=O)CC[C@H](NC(=O)[C@H]2CC[C@H](CNC(=O)CCCCCCCCCCCCCCCCCCC(=O)O)CC2)C(=O)O)C(=O)NCCCC[C@H](NI)C(=O)O)C(=O)O)CC1. The summed E-state index contributed by atoms with van der Waals surface area (Å²) in [5, 5.41) is 76.7. The van der Waals surface area contributed by atoms with Crippen LogP contribution in [0.3, 0.4) is 0 Å². The average Bonchev–Trinajstić information content (AvgIpc) is 0.871. The molecule has 2 fully saturated rings. The fourth-order valence-electron chi connectivity index (χ4n) is 16.8. The highest BCUT2D eigenvalue weighted by Crippen LogP contribution is 2.31. The average molecular weight is 2170 g/mol. The molecule has 4 atom stereocenters. The van der Waals surface area contributed by atoms with Gasteiger partial charge in [0.1, 0.15) is 50.6 Å². The van der Waals surface area contributed by atoms with Gasteiger partial charge in [0, 0.05) is 126 Å². The minimum atomic E-state index is -1.24. The molecule has 17 N–H and O–H groups in total. The number of carboxylic acid groups (broad SMARTS) is 5. The number of carbonyl (C=O) groups is 16. The van der Waals surface area contributed by atoms with Crippen molar-refractivity contribution in [1.82, 2.24) is 62.0 Å². The van der Waals surface area contributed by atoms with Crippen LogP contribution in [-0.4, -0.2) is 303 Å². The summed E-state index contributed by atoms with van der Waals surface area (Å²) in [6.45, 7) is 2.43. The van der Waals surface area contributed by atoms with E-state index in [-0.39, 0.29) is 249 Å². The molecule has 0 unspecified atom stereocenters. The van der Waals surface area contributed by atoms with Gasteiger partial charge in [-0.2, -0.15) is 0 Å². The topological polar surface area (TPSA) is 592 Å². The lowest BCUT2D eigenvalue weighted by Gasteiger charge is -2.28. The van der Waals surface area contributed by atoms with Crippen LogP contribution in [0.5, 0.6) is 0 Å². The fourth-order valence-corrected chi connectivity index (χ4v) is 17.4. The van der Waals surface area contributed by atoms with Gasteiger partial charge in [0.2, 0.25) is 65.0 Å². The molecule has 0 heterocycles. The van der Waals surface area contributed by atoms with Crippen LogP contribution in [0.25, 0.3) is 0 Å². The molecule has 2 aliphatic carbocycles. The van der Waals surface area contributed by atoms with Crippen molar-refractivity contribution in [2.45, 2.75) is 371 Å². The standard InChI is InChI=1S/C102H181IN12O29/c103-115-86(102(135)136)38-34-36-56-109-99(130)83(112-94(123)78-144-72-68-140-64-60-108-93(122)77-143-71-66-138-62-58-106-90(119)54-52-85(101(133)134)114-98(129)82-49-45-80(46-50-82)74-111-88(117)40-30-26-22-18-14-10-6-2-4-8-12-16-20-24-28-32-42-96(126)127)37-33-35-55-104-91(120)75-141-69-67-139-63-59-107-92(121)76-142-70-65-137-61-57-105-89(118)53-51-84(100(131)132)113-97(128)81-47-43-79(44-48-81)73-110-87(116)39-29-25-21-17-13-9-5-1-3-7-11-15-19-23-27-31-41-95(124)125/h79-86,115H,1-78H2,(H,104,120)(H,105,118)(H,106,119)(H,107,121)(H,108,122)(H,109,130)(H,110,116)(H,111,117)(H,112,123)(H,113,128)(H,114,129)(H,124,125)(H,126,127)(H,131,132)(H,133,134)(H,135,136)/t79-,80-,81-,82-,83-,84-,85-,86-/m0/s1. The lowest BCUT2D eigenvalue weighted by atomic mass is 9.81. The summed E-state index contributed by atoms with van der Waals surface area (Å²) in [5.41, 5.74) is 0. The maximum Gasteiger partial charge on any atom is 0.326 e. The Kier molecular flexibility index (Phi) is 84.5. The molecule has 144 heavy (non-hydrogen) atoms. The van der Waals surface area contributed by atoms with Gasteiger partial charge in [-0.05, 0) is 140 Å². The smallest absolute Gasteiger partial charge is 0.326 e. The van der Waals surface area contributed by atoms with Crippen molar-refractivity contribution in [3.63, 3.8) is 0 Å². The van der Waals surface area contributed by atoms with Gasteiger partial charge in [-0.15, -0.1) is 0 Å². The molecule has 0 radical (unpaired) electrons. The molecule has 0 aromatic heterocycles. The number of hydrogen-bond donors (Lipinski definition) is 17. The Hall–Kier alpha value is -8.11. The number of carboxylic acids is 5. The molecule has 42 heteroatoms. The van der Waals surface area contributed by atoms with Gasteiger partial charge in [-0.1, -0.05) is 180 Å².